The molecule has 0 fully saturated rings. The molecule has 70 valence electrons. The van der Waals surface area contributed by atoms with Crippen molar-refractivity contribution in [2.24, 2.45) is 0 Å². The summed E-state index contributed by atoms with van der Waals surface area (Å²) >= 11 is 0. The third kappa shape index (κ3) is 1.35. The Kier molecular flexibility index (Phi) is 1.98. The van der Waals surface area contributed by atoms with Gasteiger partial charge in [0.1, 0.15) is 11.4 Å². The normalized spacial score (nSPS) is 10.0. The maximum atomic E-state index is 5.76. The van der Waals surface area contributed by atoms with Gasteiger partial charge in [-0.15, -0.1) is 0 Å². The molecule has 4 N–H and O–H groups in total. The van der Waals surface area contributed by atoms with Gasteiger partial charge >= 0.3 is 0 Å². The number of pyridine rings is 1. The molecule has 5 nitrogen and oxygen atoms in total. The monoisotopic (exact) mass is 187 g/mol. The van der Waals surface area contributed by atoms with Gasteiger partial charge in [0.25, 0.3) is 0 Å². The van der Waals surface area contributed by atoms with Crippen LogP contribution in [0, 0.1) is 0 Å². The highest BCUT2D eigenvalue weighted by atomic mass is 14.8. The van der Waals surface area contributed by atoms with Gasteiger partial charge in [0.2, 0.25) is 0 Å². The van der Waals surface area contributed by atoms with E-state index in [1.807, 2.05) is 0 Å². The molecule has 0 atom stereocenters. The molecule has 2 aromatic heterocycles. The van der Waals surface area contributed by atoms with Crippen LogP contribution in [-0.2, 0) is 0 Å². The van der Waals surface area contributed by atoms with Crippen LogP contribution < -0.4 is 11.5 Å². The van der Waals surface area contributed by atoms with Gasteiger partial charge in [-0.3, -0.25) is 15.0 Å². The summed E-state index contributed by atoms with van der Waals surface area (Å²) in [6.07, 6.45) is 6.36. The highest BCUT2D eigenvalue weighted by Crippen LogP contribution is 2.24. The second-order valence-electron chi connectivity index (χ2n) is 2.75. The molecule has 0 radical (unpaired) electrons. The lowest BCUT2D eigenvalue weighted by Crippen LogP contribution is -2.00. The highest BCUT2D eigenvalue weighted by Gasteiger charge is 2.07. The average Bonchev–Trinajstić information content (AvgIpc) is 2.23. The minimum atomic E-state index is 0.438. The van der Waals surface area contributed by atoms with Crippen LogP contribution in [0.5, 0.6) is 0 Å². The number of nitrogens with two attached hydrogens (primary N) is 2. The third-order valence-electron chi connectivity index (χ3n) is 1.83. The fraction of sp³-hybridized carbons (Fsp3) is 0. The molecule has 0 bridgehead atoms. The lowest BCUT2D eigenvalue weighted by atomic mass is 10.2. The van der Waals surface area contributed by atoms with E-state index in [1.165, 1.54) is 0 Å². The smallest absolute Gasteiger partial charge is 0.115 e. The summed E-state index contributed by atoms with van der Waals surface area (Å²) < 4.78 is 0. The molecule has 14 heavy (non-hydrogen) atoms. The Hall–Kier alpha value is -2.17. The predicted molar refractivity (Wildman–Crippen MR) is 54.1 cm³/mol. The molecule has 5 heteroatoms. The Balaban J connectivity index is 2.58. The zero-order valence-electron chi connectivity index (χ0n) is 7.38. The van der Waals surface area contributed by atoms with Gasteiger partial charge in [0.15, 0.2) is 0 Å². The van der Waals surface area contributed by atoms with E-state index in [1.54, 1.807) is 30.9 Å². The Labute approximate surface area is 80.8 Å². The summed E-state index contributed by atoms with van der Waals surface area (Å²) in [5, 5.41) is 0. The van der Waals surface area contributed by atoms with Gasteiger partial charge in [-0.05, 0) is 6.07 Å². The zero-order valence-corrected chi connectivity index (χ0v) is 7.38. The first-order chi connectivity index (χ1) is 6.79. The van der Waals surface area contributed by atoms with Gasteiger partial charge in [0, 0.05) is 18.6 Å². The second kappa shape index (κ2) is 3.29. The molecule has 0 amide bonds. The van der Waals surface area contributed by atoms with Crippen LogP contribution >= 0.6 is 0 Å². The lowest BCUT2D eigenvalue weighted by Gasteiger charge is -2.04. The van der Waals surface area contributed by atoms with Crippen molar-refractivity contribution in [3.63, 3.8) is 0 Å². The van der Waals surface area contributed by atoms with Crippen LogP contribution in [0.15, 0.2) is 30.9 Å². The molecule has 2 aromatic rings. The van der Waals surface area contributed by atoms with Crippen molar-refractivity contribution in [3.8, 4) is 11.4 Å². The van der Waals surface area contributed by atoms with E-state index in [0.717, 1.165) is 0 Å². The largest absolute Gasteiger partial charge is 0.397 e. The molecular formula is C9H9N5. The van der Waals surface area contributed by atoms with Crippen LogP contribution in [0.1, 0.15) is 0 Å². The second-order valence-corrected chi connectivity index (χ2v) is 2.75. The SMILES string of the molecule is Nc1ccnc(-c2cnccn2)c1N. The molecule has 2 rings (SSSR count). The number of anilines is 2. The van der Waals surface area contributed by atoms with Gasteiger partial charge in [-0.1, -0.05) is 0 Å². The molecule has 0 aliphatic carbocycles. The zero-order chi connectivity index (χ0) is 9.97. The van der Waals surface area contributed by atoms with E-state index in [-0.39, 0.29) is 0 Å². The van der Waals surface area contributed by atoms with E-state index >= 15 is 0 Å². The number of nitrogen functional groups attached to an aromatic ring is 2. The first-order valence-corrected chi connectivity index (χ1v) is 4.05. The summed E-state index contributed by atoms with van der Waals surface area (Å²) in [7, 11) is 0. The van der Waals surface area contributed by atoms with E-state index in [9.17, 15) is 0 Å². The Bertz CT molecular complexity index is 440. The van der Waals surface area contributed by atoms with Gasteiger partial charge in [-0.25, -0.2) is 0 Å². The highest BCUT2D eigenvalue weighted by molar-refractivity contribution is 5.78. The van der Waals surface area contributed by atoms with Crippen molar-refractivity contribution in [2.75, 3.05) is 11.5 Å². The fourth-order valence-electron chi connectivity index (χ4n) is 1.11. The van der Waals surface area contributed by atoms with Crippen molar-refractivity contribution < 1.29 is 0 Å². The number of hydrogen-bond acceptors (Lipinski definition) is 5. The van der Waals surface area contributed by atoms with Crippen LogP contribution in [0.3, 0.4) is 0 Å². The van der Waals surface area contributed by atoms with E-state index in [0.29, 0.717) is 22.8 Å². The Morgan fingerprint density at radius 2 is 1.86 bits per heavy atom. The van der Waals surface area contributed by atoms with Crippen LogP contribution in [0.4, 0.5) is 11.4 Å². The number of rotatable bonds is 1. The van der Waals surface area contributed by atoms with Gasteiger partial charge < -0.3 is 11.5 Å². The van der Waals surface area contributed by atoms with E-state index < -0.39 is 0 Å². The minimum absolute atomic E-state index is 0.438. The maximum Gasteiger partial charge on any atom is 0.115 e. The van der Waals surface area contributed by atoms with Crippen LogP contribution in [0.25, 0.3) is 11.4 Å². The summed E-state index contributed by atoms with van der Waals surface area (Å²) in [4.78, 5) is 12.1. The topological polar surface area (TPSA) is 90.7 Å². The molecule has 0 spiro atoms. The van der Waals surface area contributed by atoms with E-state index in [2.05, 4.69) is 15.0 Å². The van der Waals surface area contributed by atoms with Crippen molar-refractivity contribution in [3.05, 3.63) is 30.9 Å². The van der Waals surface area contributed by atoms with Crippen molar-refractivity contribution in [2.45, 2.75) is 0 Å². The molecule has 0 aliphatic heterocycles. The average molecular weight is 187 g/mol. The Morgan fingerprint density at radius 3 is 2.57 bits per heavy atom. The van der Waals surface area contributed by atoms with Crippen molar-refractivity contribution in [1.82, 2.24) is 15.0 Å². The third-order valence-corrected chi connectivity index (χ3v) is 1.83. The standard InChI is InChI=1S/C9H9N5/c10-6-1-2-14-9(8(6)11)7-5-12-3-4-13-7/h1-5H,11H2,(H2,10,14). The summed E-state index contributed by atoms with van der Waals surface area (Å²) in [6, 6.07) is 1.65. The van der Waals surface area contributed by atoms with E-state index in [4.69, 9.17) is 11.5 Å². The quantitative estimate of drug-likeness (QED) is 0.685. The number of hydrogen-bond donors (Lipinski definition) is 2. The molecule has 0 unspecified atom stereocenters. The van der Waals surface area contributed by atoms with Gasteiger partial charge in [-0.2, -0.15) is 0 Å². The molecule has 0 saturated carbocycles. The van der Waals surface area contributed by atoms with Crippen LogP contribution in [-0.4, -0.2) is 15.0 Å². The summed E-state index contributed by atoms with van der Waals surface area (Å²) in [5.41, 5.74) is 13.5. The molecule has 2 heterocycles. The molecular weight excluding hydrogens is 178 g/mol. The summed E-state index contributed by atoms with van der Waals surface area (Å²) in [5.74, 6) is 0. The lowest BCUT2D eigenvalue weighted by molar-refractivity contribution is 1.18. The molecule has 0 aliphatic rings. The first-order valence-electron chi connectivity index (χ1n) is 4.05. The minimum Gasteiger partial charge on any atom is -0.397 e. The van der Waals surface area contributed by atoms with Crippen molar-refractivity contribution >= 4 is 11.4 Å². The summed E-state index contributed by atoms with van der Waals surface area (Å²) in [6.45, 7) is 0. The fourth-order valence-corrected chi connectivity index (χ4v) is 1.11. The number of nitrogens with zero attached hydrogens (tertiary/aromatic N) is 3. The molecule has 0 saturated heterocycles. The Morgan fingerprint density at radius 1 is 1.00 bits per heavy atom. The molecule has 0 aromatic carbocycles. The number of aromatic nitrogens is 3. The maximum absolute atomic E-state index is 5.76. The van der Waals surface area contributed by atoms with Gasteiger partial charge in [0.05, 0.1) is 17.6 Å². The first kappa shape index (κ1) is 8.43. The van der Waals surface area contributed by atoms with Crippen LogP contribution in [0.2, 0.25) is 0 Å². The van der Waals surface area contributed by atoms with Crippen molar-refractivity contribution in [1.29, 1.82) is 0 Å². The predicted octanol–water partition coefficient (Wildman–Crippen LogP) is 0.703.